The maximum atomic E-state index is 13.6. The van der Waals surface area contributed by atoms with E-state index in [1.165, 1.54) is 17.8 Å². The number of aryl methyl sites for hydroxylation is 2. The smallest absolute Gasteiger partial charge is 0.192 e. The van der Waals surface area contributed by atoms with Crippen LogP contribution in [0.15, 0.2) is 22.2 Å². The zero-order valence-corrected chi connectivity index (χ0v) is 13.8. The van der Waals surface area contributed by atoms with E-state index < -0.39 is 0 Å². The van der Waals surface area contributed by atoms with Crippen molar-refractivity contribution < 1.29 is 4.39 Å². The summed E-state index contributed by atoms with van der Waals surface area (Å²) in [6.07, 6.45) is 0. The first-order valence-electron chi connectivity index (χ1n) is 5.62. The van der Waals surface area contributed by atoms with Crippen molar-refractivity contribution in [2.75, 3.05) is 5.73 Å². The fraction of sp³-hybridized carbons (Fsp3) is 0.231. The number of hydrogen-bond acceptors (Lipinski definition) is 4. The fourth-order valence-electron chi connectivity index (χ4n) is 1.52. The van der Waals surface area contributed by atoms with Crippen molar-refractivity contribution in [3.05, 3.63) is 38.5 Å². The van der Waals surface area contributed by atoms with Crippen LogP contribution in [-0.2, 0) is 0 Å². The Morgan fingerprint density at radius 2 is 1.74 bits per heavy atom. The Labute approximate surface area is 129 Å². The zero-order valence-electron chi connectivity index (χ0n) is 10.8. The second kappa shape index (κ2) is 5.62. The molecule has 1 heterocycles. The van der Waals surface area contributed by atoms with Gasteiger partial charge in [-0.1, -0.05) is 0 Å². The minimum absolute atomic E-state index is 0.280. The van der Waals surface area contributed by atoms with Crippen molar-refractivity contribution in [2.24, 2.45) is 0 Å². The number of nitrogens with zero attached hydrogens (tertiary/aromatic N) is 2. The van der Waals surface area contributed by atoms with Gasteiger partial charge < -0.3 is 5.73 Å². The molecule has 0 fully saturated rings. The Balaban J connectivity index is 2.39. The molecule has 100 valence electrons. The second-order valence-electron chi connectivity index (χ2n) is 4.21. The zero-order chi connectivity index (χ0) is 14.2. The topological polar surface area (TPSA) is 51.8 Å². The Morgan fingerprint density at radius 3 is 2.32 bits per heavy atom. The summed E-state index contributed by atoms with van der Waals surface area (Å²) in [5, 5.41) is 0.591. The second-order valence-corrected chi connectivity index (χ2v) is 6.38. The first-order chi connectivity index (χ1) is 8.88. The Hall–Kier alpha value is -0.890. The van der Waals surface area contributed by atoms with Gasteiger partial charge in [0.05, 0.1) is 3.57 Å². The van der Waals surface area contributed by atoms with E-state index in [0.29, 0.717) is 19.3 Å². The van der Waals surface area contributed by atoms with E-state index in [1.54, 1.807) is 6.07 Å². The molecule has 0 radical (unpaired) electrons. The molecule has 3 nitrogen and oxygen atoms in total. The standard InChI is InChI=1S/C13H13FIN3S/c1-6-7(2)17-13(18-8(6)3)19-12-4-9(14)10(15)5-11(12)16/h4-5H,16H2,1-3H3. The lowest BCUT2D eigenvalue weighted by atomic mass is 10.2. The predicted octanol–water partition coefficient (Wildman–Crippen LogP) is 3.88. The van der Waals surface area contributed by atoms with E-state index in [9.17, 15) is 4.39 Å². The fourth-order valence-corrected chi connectivity index (χ4v) is 2.91. The Morgan fingerprint density at radius 1 is 1.16 bits per heavy atom. The first kappa shape index (κ1) is 14.5. The van der Waals surface area contributed by atoms with Crippen LogP contribution in [0, 0.1) is 30.2 Å². The summed E-state index contributed by atoms with van der Waals surface area (Å²) < 4.78 is 14.1. The summed E-state index contributed by atoms with van der Waals surface area (Å²) in [7, 11) is 0. The number of halogens is 2. The summed E-state index contributed by atoms with van der Waals surface area (Å²) in [6.45, 7) is 5.86. The average Bonchev–Trinajstić information content (AvgIpc) is 2.33. The molecule has 2 aromatic rings. The molecule has 0 saturated carbocycles. The number of nitrogens with two attached hydrogens (primary N) is 1. The highest BCUT2D eigenvalue weighted by Gasteiger charge is 2.11. The van der Waals surface area contributed by atoms with Gasteiger partial charge in [-0.05, 0) is 72.8 Å². The van der Waals surface area contributed by atoms with Crippen molar-refractivity contribution in [1.82, 2.24) is 9.97 Å². The molecule has 6 heteroatoms. The highest BCUT2D eigenvalue weighted by molar-refractivity contribution is 14.1. The maximum absolute atomic E-state index is 13.6. The van der Waals surface area contributed by atoms with Crippen molar-refractivity contribution in [3.63, 3.8) is 0 Å². The van der Waals surface area contributed by atoms with Gasteiger partial charge >= 0.3 is 0 Å². The summed E-state index contributed by atoms with van der Waals surface area (Å²) in [5.74, 6) is -0.280. The molecule has 2 rings (SSSR count). The molecular weight excluding hydrogens is 376 g/mol. The highest BCUT2D eigenvalue weighted by atomic mass is 127. The molecule has 0 aliphatic carbocycles. The van der Waals surface area contributed by atoms with E-state index in [2.05, 4.69) is 9.97 Å². The highest BCUT2D eigenvalue weighted by Crippen LogP contribution is 2.32. The Kier molecular flexibility index (Phi) is 4.29. The van der Waals surface area contributed by atoms with Crippen LogP contribution in [0.25, 0.3) is 0 Å². The summed E-state index contributed by atoms with van der Waals surface area (Å²) in [6, 6.07) is 3.04. The molecule has 0 aliphatic rings. The lowest BCUT2D eigenvalue weighted by Crippen LogP contribution is -1.99. The normalized spacial score (nSPS) is 10.8. The third-order valence-electron chi connectivity index (χ3n) is 2.87. The molecule has 0 bridgehead atoms. The number of hydrogen-bond donors (Lipinski definition) is 1. The van der Waals surface area contributed by atoms with Crippen molar-refractivity contribution in [1.29, 1.82) is 0 Å². The summed E-state index contributed by atoms with van der Waals surface area (Å²) in [4.78, 5) is 9.43. The monoisotopic (exact) mass is 389 g/mol. The number of nitrogen functional groups attached to an aromatic ring is 1. The van der Waals surface area contributed by atoms with Crippen LogP contribution >= 0.6 is 34.4 Å². The molecular formula is C13H13FIN3S. The first-order valence-corrected chi connectivity index (χ1v) is 7.52. The average molecular weight is 389 g/mol. The van der Waals surface area contributed by atoms with Gasteiger partial charge in [0.2, 0.25) is 0 Å². The van der Waals surface area contributed by atoms with Crippen LogP contribution in [-0.4, -0.2) is 9.97 Å². The van der Waals surface area contributed by atoms with Gasteiger partial charge in [-0.15, -0.1) is 0 Å². The SMILES string of the molecule is Cc1nc(Sc2cc(F)c(I)cc2N)nc(C)c1C. The van der Waals surface area contributed by atoms with Crippen LogP contribution in [0.5, 0.6) is 0 Å². The quantitative estimate of drug-likeness (QED) is 0.481. The van der Waals surface area contributed by atoms with E-state index in [-0.39, 0.29) is 5.82 Å². The molecule has 2 N–H and O–H groups in total. The molecule has 0 aliphatic heterocycles. The summed E-state index contributed by atoms with van der Waals surface area (Å²) in [5.41, 5.74) is 9.37. The molecule has 0 saturated heterocycles. The van der Waals surface area contributed by atoms with E-state index in [0.717, 1.165) is 17.0 Å². The number of benzene rings is 1. The molecule has 0 amide bonds. The van der Waals surface area contributed by atoms with Gasteiger partial charge in [-0.3, -0.25) is 0 Å². The van der Waals surface area contributed by atoms with Crippen molar-refractivity contribution in [3.8, 4) is 0 Å². The molecule has 0 spiro atoms. The van der Waals surface area contributed by atoms with Crippen LogP contribution in [0.4, 0.5) is 10.1 Å². The number of aromatic nitrogens is 2. The molecule has 1 aromatic carbocycles. The lowest BCUT2D eigenvalue weighted by molar-refractivity contribution is 0.617. The van der Waals surface area contributed by atoms with Crippen LogP contribution in [0.1, 0.15) is 17.0 Å². The van der Waals surface area contributed by atoms with Crippen LogP contribution in [0.3, 0.4) is 0 Å². The third kappa shape index (κ3) is 3.17. The summed E-state index contributed by atoms with van der Waals surface area (Å²) >= 11 is 3.20. The molecule has 19 heavy (non-hydrogen) atoms. The lowest BCUT2D eigenvalue weighted by Gasteiger charge is -2.09. The number of rotatable bonds is 2. The van der Waals surface area contributed by atoms with Crippen molar-refractivity contribution >= 4 is 40.0 Å². The van der Waals surface area contributed by atoms with Crippen molar-refractivity contribution in [2.45, 2.75) is 30.8 Å². The van der Waals surface area contributed by atoms with Gasteiger partial charge in [0, 0.05) is 22.0 Å². The minimum atomic E-state index is -0.280. The molecule has 0 atom stereocenters. The third-order valence-corrected chi connectivity index (χ3v) is 4.63. The van der Waals surface area contributed by atoms with Gasteiger partial charge in [0.25, 0.3) is 0 Å². The molecule has 0 unspecified atom stereocenters. The van der Waals surface area contributed by atoms with Crippen LogP contribution in [0.2, 0.25) is 0 Å². The molecule has 1 aromatic heterocycles. The van der Waals surface area contributed by atoms with E-state index in [4.69, 9.17) is 5.73 Å². The Bertz CT molecular complexity index is 623. The largest absolute Gasteiger partial charge is 0.398 e. The maximum Gasteiger partial charge on any atom is 0.192 e. The van der Waals surface area contributed by atoms with Gasteiger partial charge in [0.1, 0.15) is 5.82 Å². The van der Waals surface area contributed by atoms with Gasteiger partial charge in [0.15, 0.2) is 5.16 Å². The van der Waals surface area contributed by atoms with Gasteiger partial charge in [-0.2, -0.15) is 0 Å². The van der Waals surface area contributed by atoms with E-state index >= 15 is 0 Å². The van der Waals surface area contributed by atoms with E-state index in [1.807, 2.05) is 43.4 Å². The number of anilines is 1. The van der Waals surface area contributed by atoms with Gasteiger partial charge in [-0.25, -0.2) is 14.4 Å². The minimum Gasteiger partial charge on any atom is -0.398 e. The predicted molar refractivity (Wildman–Crippen MR) is 83.9 cm³/mol. The van der Waals surface area contributed by atoms with Crippen LogP contribution < -0.4 is 5.73 Å².